The van der Waals surface area contributed by atoms with Crippen molar-refractivity contribution in [1.29, 1.82) is 0 Å². The van der Waals surface area contributed by atoms with Crippen molar-refractivity contribution in [3.63, 3.8) is 0 Å². The Morgan fingerprint density at radius 3 is 2.79 bits per heavy atom. The smallest absolute Gasteiger partial charge is 0.307 e. The summed E-state index contributed by atoms with van der Waals surface area (Å²) < 4.78 is 4.68. The number of rotatable bonds is 6. The van der Waals surface area contributed by atoms with Crippen molar-refractivity contribution in [2.75, 3.05) is 26.7 Å². The zero-order valence-electron chi connectivity index (χ0n) is 16.6. The predicted molar refractivity (Wildman–Crippen MR) is 105 cm³/mol. The minimum atomic E-state index is -0.675. The van der Waals surface area contributed by atoms with Crippen LogP contribution >= 0.6 is 0 Å². The summed E-state index contributed by atoms with van der Waals surface area (Å²) in [7, 11) is 1.29. The maximum Gasteiger partial charge on any atom is 0.307 e. The average molecular weight is 387 g/mol. The number of nitrogens with one attached hydrogen (secondary N) is 2. The molecular formula is C21H29N3O4. The van der Waals surface area contributed by atoms with E-state index in [2.05, 4.69) is 33.6 Å². The predicted octanol–water partition coefficient (Wildman–Crippen LogP) is 1.11. The summed E-state index contributed by atoms with van der Waals surface area (Å²) in [5, 5.41) is 5.76. The molecule has 1 aliphatic heterocycles. The van der Waals surface area contributed by atoms with Gasteiger partial charge < -0.3 is 15.4 Å². The molecule has 0 saturated carbocycles. The molecule has 1 aromatic rings. The Bertz CT molecular complexity index is 749. The standard InChI is InChI=1S/C21H29N3O4/c1-14(16-8-7-15-5-3-4-6-17(15)11-16)23-19(25)13-24-10-9-22-21(27)18(24)12-20(26)28-2/h7-8,11,14,18H,3-6,9-10,12-13H2,1-2H3,(H,22,27)(H,23,25). The van der Waals surface area contributed by atoms with Crippen LogP contribution in [-0.2, 0) is 32.0 Å². The number of fused-ring (bicyclic) bond motifs is 1. The Balaban J connectivity index is 1.60. The summed E-state index contributed by atoms with van der Waals surface area (Å²) in [6.07, 6.45) is 4.64. The summed E-state index contributed by atoms with van der Waals surface area (Å²) in [5.41, 5.74) is 3.89. The largest absolute Gasteiger partial charge is 0.469 e. The summed E-state index contributed by atoms with van der Waals surface area (Å²) in [6, 6.07) is 5.67. The number of hydrogen-bond acceptors (Lipinski definition) is 5. The molecule has 1 aromatic carbocycles. The minimum absolute atomic E-state index is 0.0595. The number of amides is 2. The quantitative estimate of drug-likeness (QED) is 0.714. The third-order valence-electron chi connectivity index (χ3n) is 5.63. The Labute approximate surface area is 165 Å². The van der Waals surface area contributed by atoms with Crippen LogP contribution in [0.15, 0.2) is 18.2 Å². The maximum atomic E-state index is 12.6. The Morgan fingerprint density at radius 1 is 1.29 bits per heavy atom. The molecule has 152 valence electrons. The molecule has 1 saturated heterocycles. The van der Waals surface area contributed by atoms with Gasteiger partial charge in [-0.1, -0.05) is 18.2 Å². The van der Waals surface area contributed by atoms with E-state index in [1.165, 1.54) is 31.1 Å². The lowest BCUT2D eigenvalue weighted by Gasteiger charge is -2.34. The summed E-state index contributed by atoms with van der Waals surface area (Å²) in [6.45, 7) is 3.03. The first-order valence-electron chi connectivity index (χ1n) is 9.97. The SMILES string of the molecule is COC(=O)CC1C(=O)NCCN1CC(=O)NC(C)c1ccc2c(c1)CCCC2. The molecule has 1 aliphatic carbocycles. The van der Waals surface area contributed by atoms with Gasteiger partial charge in [-0.25, -0.2) is 0 Å². The molecule has 2 atom stereocenters. The van der Waals surface area contributed by atoms with Crippen molar-refractivity contribution < 1.29 is 19.1 Å². The number of esters is 1. The summed E-state index contributed by atoms with van der Waals surface area (Å²) in [5.74, 6) is -0.864. The normalized spacial score (nSPS) is 20.6. The van der Waals surface area contributed by atoms with Crippen LogP contribution in [0.4, 0.5) is 0 Å². The van der Waals surface area contributed by atoms with Gasteiger partial charge in [0.05, 0.1) is 26.1 Å². The number of carbonyl (C=O) groups is 3. The molecule has 0 aromatic heterocycles. The lowest BCUT2D eigenvalue weighted by molar-refractivity contribution is -0.146. The highest BCUT2D eigenvalue weighted by molar-refractivity contribution is 5.88. The first kappa shape index (κ1) is 20.3. The van der Waals surface area contributed by atoms with Gasteiger partial charge in [0.25, 0.3) is 0 Å². The molecule has 7 heteroatoms. The van der Waals surface area contributed by atoms with E-state index in [0.717, 1.165) is 18.4 Å². The van der Waals surface area contributed by atoms with E-state index in [-0.39, 0.29) is 30.8 Å². The van der Waals surface area contributed by atoms with Crippen LogP contribution in [0.1, 0.15) is 48.9 Å². The number of ether oxygens (including phenoxy) is 1. The molecule has 7 nitrogen and oxygen atoms in total. The fourth-order valence-corrected chi connectivity index (χ4v) is 3.99. The van der Waals surface area contributed by atoms with E-state index >= 15 is 0 Å². The first-order valence-corrected chi connectivity index (χ1v) is 9.97. The Hall–Kier alpha value is -2.41. The third kappa shape index (κ3) is 4.90. The van der Waals surface area contributed by atoms with Crippen LogP contribution in [-0.4, -0.2) is 55.5 Å². The number of nitrogens with zero attached hydrogens (tertiary/aromatic N) is 1. The molecule has 2 amide bonds. The fraction of sp³-hybridized carbons (Fsp3) is 0.571. The van der Waals surface area contributed by atoms with Gasteiger partial charge >= 0.3 is 5.97 Å². The lowest BCUT2D eigenvalue weighted by Crippen LogP contribution is -2.58. The zero-order valence-corrected chi connectivity index (χ0v) is 16.6. The second kappa shape index (κ2) is 9.19. The second-order valence-electron chi connectivity index (χ2n) is 7.58. The topological polar surface area (TPSA) is 87.7 Å². The third-order valence-corrected chi connectivity index (χ3v) is 5.63. The molecule has 2 unspecified atom stereocenters. The Morgan fingerprint density at radius 2 is 2.04 bits per heavy atom. The van der Waals surface area contributed by atoms with Crippen molar-refractivity contribution in [3.8, 4) is 0 Å². The highest BCUT2D eigenvalue weighted by atomic mass is 16.5. The summed E-state index contributed by atoms with van der Waals surface area (Å²) in [4.78, 5) is 38.1. The molecule has 1 heterocycles. The molecule has 2 N–H and O–H groups in total. The van der Waals surface area contributed by atoms with Crippen LogP contribution in [0.2, 0.25) is 0 Å². The number of methoxy groups -OCH3 is 1. The molecule has 0 radical (unpaired) electrons. The first-order chi connectivity index (χ1) is 13.5. The van der Waals surface area contributed by atoms with Crippen LogP contribution < -0.4 is 10.6 Å². The summed E-state index contributed by atoms with van der Waals surface area (Å²) >= 11 is 0. The van der Waals surface area contributed by atoms with Crippen molar-refractivity contribution in [2.24, 2.45) is 0 Å². The van der Waals surface area contributed by atoms with E-state index in [9.17, 15) is 14.4 Å². The molecule has 3 rings (SSSR count). The number of aryl methyl sites for hydroxylation is 2. The van der Waals surface area contributed by atoms with E-state index in [1.807, 2.05) is 6.92 Å². The molecular weight excluding hydrogens is 358 g/mol. The molecule has 0 bridgehead atoms. The monoisotopic (exact) mass is 387 g/mol. The van der Waals surface area contributed by atoms with Crippen LogP contribution in [0.25, 0.3) is 0 Å². The Kier molecular flexibility index (Phi) is 6.67. The van der Waals surface area contributed by atoms with Gasteiger partial charge in [-0.15, -0.1) is 0 Å². The van der Waals surface area contributed by atoms with Crippen molar-refractivity contribution in [3.05, 3.63) is 34.9 Å². The van der Waals surface area contributed by atoms with Crippen LogP contribution in [0.3, 0.4) is 0 Å². The van der Waals surface area contributed by atoms with E-state index < -0.39 is 12.0 Å². The maximum absolute atomic E-state index is 12.6. The number of piperazine rings is 1. The molecule has 0 spiro atoms. The van der Waals surface area contributed by atoms with Gasteiger partial charge in [0.2, 0.25) is 11.8 Å². The van der Waals surface area contributed by atoms with E-state index in [1.54, 1.807) is 4.90 Å². The van der Waals surface area contributed by atoms with Gasteiger partial charge in [-0.05, 0) is 49.3 Å². The van der Waals surface area contributed by atoms with E-state index in [0.29, 0.717) is 13.1 Å². The zero-order chi connectivity index (χ0) is 20.1. The minimum Gasteiger partial charge on any atom is -0.469 e. The molecule has 28 heavy (non-hydrogen) atoms. The number of benzene rings is 1. The van der Waals surface area contributed by atoms with Gasteiger partial charge in [0.1, 0.15) is 6.04 Å². The van der Waals surface area contributed by atoms with Gasteiger partial charge in [0.15, 0.2) is 0 Å². The van der Waals surface area contributed by atoms with Gasteiger partial charge in [-0.3, -0.25) is 19.3 Å². The van der Waals surface area contributed by atoms with Gasteiger partial charge in [0, 0.05) is 13.1 Å². The van der Waals surface area contributed by atoms with E-state index in [4.69, 9.17) is 0 Å². The number of carbonyl (C=O) groups excluding carboxylic acids is 3. The molecule has 1 fully saturated rings. The van der Waals surface area contributed by atoms with Gasteiger partial charge in [-0.2, -0.15) is 0 Å². The average Bonchev–Trinajstić information content (AvgIpc) is 2.69. The van der Waals surface area contributed by atoms with Crippen LogP contribution in [0.5, 0.6) is 0 Å². The molecule has 2 aliphatic rings. The van der Waals surface area contributed by atoms with Crippen molar-refractivity contribution >= 4 is 17.8 Å². The highest BCUT2D eigenvalue weighted by Gasteiger charge is 2.33. The van der Waals surface area contributed by atoms with Crippen molar-refractivity contribution in [1.82, 2.24) is 15.5 Å². The highest BCUT2D eigenvalue weighted by Crippen LogP contribution is 2.24. The van der Waals surface area contributed by atoms with Crippen LogP contribution in [0, 0.1) is 0 Å². The lowest BCUT2D eigenvalue weighted by atomic mass is 9.89. The fourth-order valence-electron chi connectivity index (χ4n) is 3.99. The second-order valence-corrected chi connectivity index (χ2v) is 7.58. The van der Waals surface area contributed by atoms with Crippen molar-refractivity contribution in [2.45, 2.75) is 51.1 Å². The number of hydrogen-bond donors (Lipinski definition) is 2.